The van der Waals surface area contributed by atoms with Crippen LogP contribution in [0.25, 0.3) is 22.6 Å². The van der Waals surface area contributed by atoms with Crippen molar-refractivity contribution in [2.24, 2.45) is 0 Å². The molecule has 1 aromatic heterocycles. The van der Waals surface area contributed by atoms with Crippen LogP contribution in [0.2, 0.25) is 0 Å². The van der Waals surface area contributed by atoms with Crippen LogP contribution in [0.1, 0.15) is 45.6 Å². The molecule has 3 nitrogen and oxygen atoms in total. The van der Waals surface area contributed by atoms with Gasteiger partial charge in [-0.05, 0) is 54.5 Å². The van der Waals surface area contributed by atoms with Crippen LogP contribution in [-0.4, -0.2) is 18.1 Å². The van der Waals surface area contributed by atoms with Crippen LogP contribution in [0.3, 0.4) is 0 Å². The van der Waals surface area contributed by atoms with E-state index >= 15 is 0 Å². The molecule has 1 aliphatic heterocycles. The number of oxazole rings is 1. The fourth-order valence-corrected chi connectivity index (χ4v) is 3.56. The molecule has 2 heterocycles. The SMILES string of the molecule is CC(C)(C)c1ccc(-c2nc3c(N4CCCCC4)cccc3o2)cc1. The lowest BCUT2D eigenvalue weighted by Crippen LogP contribution is -2.29. The molecule has 0 radical (unpaired) electrons. The lowest BCUT2D eigenvalue weighted by molar-refractivity contribution is 0.578. The van der Waals surface area contributed by atoms with E-state index in [0.717, 1.165) is 29.8 Å². The second-order valence-electron chi connectivity index (χ2n) is 8.02. The fourth-order valence-electron chi connectivity index (χ4n) is 3.56. The van der Waals surface area contributed by atoms with Crippen LogP contribution in [0.5, 0.6) is 0 Å². The van der Waals surface area contributed by atoms with E-state index in [4.69, 9.17) is 9.40 Å². The number of anilines is 1. The second-order valence-corrected chi connectivity index (χ2v) is 8.02. The average molecular weight is 334 g/mol. The molecule has 130 valence electrons. The highest BCUT2D eigenvalue weighted by Gasteiger charge is 2.18. The van der Waals surface area contributed by atoms with Crippen LogP contribution < -0.4 is 4.90 Å². The Morgan fingerprint density at radius 3 is 2.32 bits per heavy atom. The number of para-hydroxylation sites is 1. The van der Waals surface area contributed by atoms with Crippen molar-refractivity contribution >= 4 is 16.8 Å². The molecular weight excluding hydrogens is 308 g/mol. The van der Waals surface area contributed by atoms with Gasteiger partial charge in [0, 0.05) is 18.7 Å². The number of hydrogen-bond acceptors (Lipinski definition) is 3. The van der Waals surface area contributed by atoms with Gasteiger partial charge < -0.3 is 9.32 Å². The summed E-state index contributed by atoms with van der Waals surface area (Å²) in [6.07, 6.45) is 3.85. The first-order chi connectivity index (χ1) is 12.0. The summed E-state index contributed by atoms with van der Waals surface area (Å²) in [7, 11) is 0. The number of aromatic nitrogens is 1. The van der Waals surface area contributed by atoms with E-state index in [1.165, 1.54) is 30.5 Å². The van der Waals surface area contributed by atoms with Gasteiger partial charge in [0.15, 0.2) is 5.58 Å². The Labute approximate surface area is 149 Å². The third kappa shape index (κ3) is 3.15. The summed E-state index contributed by atoms with van der Waals surface area (Å²) in [4.78, 5) is 7.29. The average Bonchev–Trinajstić information content (AvgIpc) is 3.06. The summed E-state index contributed by atoms with van der Waals surface area (Å²) >= 11 is 0. The number of hydrogen-bond donors (Lipinski definition) is 0. The van der Waals surface area contributed by atoms with E-state index in [9.17, 15) is 0 Å². The van der Waals surface area contributed by atoms with E-state index < -0.39 is 0 Å². The quantitative estimate of drug-likeness (QED) is 0.594. The summed E-state index contributed by atoms with van der Waals surface area (Å²) in [6, 6.07) is 14.8. The molecule has 0 saturated carbocycles. The molecule has 0 aliphatic carbocycles. The van der Waals surface area contributed by atoms with Crippen molar-refractivity contribution in [3.63, 3.8) is 0 Å². The Kier molecular flexibility index (Phi) is 4.03. The topological polar surface area (TPSA) is 29.3 Å². The summed E-state index contributed by atoms with van der Waals surface area (Å²) in [5.41, 5.74) is 5.58. The summed E-state index contributed by atoms with van der Waals surface area (Å²) < 4.78 is 6.07. The predicted molar refractivity (Wildman–Crippen MR) is 104 cm³/mol. The smallest absolute Gasteiger partial charge is 0.227 e. The molecular formula is C22H26N2O. The van der Waals surface area contributed by atoms with Crippen LogP contribution in [0, 0.1) is 0 Å². The number of rotatable bonds is 2. The van der Waals surface area contributed by atoms with Crippen LogP contribution >= 0.6 is 0 Å². The highest BCUT2D eigenvalue weighted by Crippen LogP contribution is 2.33. The maximum absolute atomic E-state index is 6.07. The van der Waals surface area contributed by atoms with Gasteiger partial charge in [0.1, 0.15) is 5.52 Å². The van der Waals surface area contributed by atoms with Crippen LogP contribution in [-0.2, 0) is 5.41 Å². The molecule has 2 aromatic carbocycles. The Bertz CT molecular complexity index is 865. The summed E-state index contributed by atoms with van der Waals surface area (Å²) in [5.74, 6) is 0.708. The molecule has 3 aromatic rings. The summed E-state index contributed by atoms with van der Waals surface area (Å²) in [5, 5.41) is 0. The molecule has 0 amide bonds. The highest BCUT2D eigenvalue weighted by atomic mass is 16.3. The Morgan fingerprint density at radius 1 is 0.920 bits per heavy atom. The molecule has 4 rings (SSSR count). The van der Waals surface area contributed by atoms with Gasteiger partial charge >= 0.3 is 0 Å². The van der Waals surface area contributed by atoms with Gasteiger partial charge in [-0.15, -0.1) is 0 Å². The molecule has 0 N–H and O–H groups in total. The van der Waals surface area contributed by atoms with Crippen molar-refractivity contribution in [2.75, 3.05) is 18.0 Å². The zero-order valence-corrected chi connectivity index (χ0v) is 15.4. The van der Waals surface area contributed by atoms with Gasteiger partial charge in [0.2, 0.25) is 5.89 Å². The van der Waals surface area contributed by atoms with E-state index in [2.05, 4.69) is 62.1 Å². The van der Waals surface area contributed by atoms with Gasteiger partial charge in [-0.1, -0.05) is 39.0 Å². The van der Waals surface area contributed by atoms with Gasteiger partial charge in [-0.3, -0.25) is 0 Å². The Balaban J connectivity index is 1.71. The van der Waals surface area contributed by atoms with Gasteiger partial charge in [-0.25, -0.2) is 4.98 Å². The number of nitrogens with zero attached hydrogens (tertiary/aromatic N) is 2. The normalized spacial score (nSPS) is 15.7. The maximum atomic E-state index is 6.07. The minimum absolute atomic E-state index is 0.154. The summed E-state index contributed by atoms with van der Waals surface area (Å²) in [6.45, 7) is 8.91. The first-order valence-corrected chi connectivity index (χ1v) is 9.28. The standard InChI is InChI=1S/C22H26N2O/c1-22(2,3)17-12-10-16(11-13-17)21-23-20-18(8-7-9-19(20)25-21)24-14-5-4-6-15-24/h7-13H,4-6,14-15H2,1-3H3. The zero-order valence-electron chi connectivity index (χ0n) is 15.4. The van der Waals surface area contributed by atoms with E-state index in [1.807, 2.05) is 6.07 Å². The molecule has 1 fully saturated rings. The molecule has 3 heteroatoms. The lowest BCUT2D eigenvalue weighted by Gasteiger charge is -2.28. The number of piperidine rings is 1. The minimum atomic E-state index is 0.154. The molecule has 1 saturated heterocycles. The fraction of sp³-hybridized carbons (Fsp3) is 0.409. The van der Waals surface area contributed by atoms with Crippen molar-refractivity contribution in [3.8, 4) is 11.5 Å². The van der Waals surface area contributed by atoms with Crippen molar-refractivity contribution in [1.82, 2.24) is 4.98 Å². The second kappa shape index (κ2) is 6.21. The minimum Gasteiger partial charge on any atom is -0.436 e. The van der Waals surface area contributed by atoms with E-state index in [-0.39, 0.29) is 5.41 Å². The Hall–Kier alpha value is -2.29. The van der Waals surface area contributed by atoms with Crippen LogP contribution in [0.15, 0.2) is 46.9 Å². The molecule has 0 bridgehead atoms. The molecule has 25 heavy (non-hydrogen) atoms. The third-order valence-corrected chi connectivity index (χ3v) is 5.09. The van der Waals surface area contributed by atoms with Gasteiger partial charge in [-0.2, -0.15) is 0 Å². The molecule has 0 spiro atoms. The molecule has 0 atom stereocenters. The van der Waals surface area contributed by atoms with Crippen molar-refractivity contribution in [3.05, 3.63) is 48.0 Å². The van der Waals surface area contributed by atoms with Crippen LogP contribution in [0.4, 0.5) is 5.69 Å². The highest BCUT2D eigenvalue weighted by molar-refractivity contribution is 5.89. The third-order valence-electron chi connectivity index (χ3n) is 5.09. The van der Waals surface area contributed by atoms with Crippen molar-refractivity contribution in [1.29, 1.82) is 0 Å². The van der Waals surface area contributed by atoms with E-state index in [1.54, 1.807) is 0 Å². The predicted octanol–water partition coefficient (Wildman–Crippen LogP) is 5.78. The number of benzene rings is 2. The molecule has 0 unspecified atom stereocenters. The van der Waals surface area contributed by atoms with Gasteiger partial charge in [0.05, 0.1) is 5.69 Å². The van der Waals surface area contributed by atoms with E-state index in [0.29, 0.717) is 5.89 Å². The van der Waals surface area contributed by atoms with Crippen molar-refractivity contribution < 1.29 is 4.42 Å². The lowest BCUT2D eigenvalue weighted by atomic mass is 9.87. The monoisotopic (exact) mass is 334 g/mol. The van der Waals surface area contributed by atoms with Crippen molar-refractivity contribution in [2.45, 2.75) is 45.4 Å². The number of fused-ring (bicyclic) bond motifs is 1. The maximum Gasteiger partial charge on any atom is 0.227 e. The largest absolute Gasteiger partial charge is 0.436 e. The Morgan fingerprint density at radius 2 is 1.64 bits per heavy atom. The van der Waals surface area contributed by atoms with Gasteiger partial charge in [0.25, 0.3) is 0 Å². The zero-order chi connectivity index (χ0) is 17.4. The first-order valence-electron chi connectivity index (χ1n) is 9.28. The first kappa shape index (κ1) is 16.2. The molecule has 1 aliphatic rings.